The molecule has 1 aromatic rings. The van der Waals surface area contributed by atoms with Crippen molar-refractivity contribution in [1.29, 1.82) is 0 Å². The highest BCUT2D eigenvalue weighted by Crippen LogP contribution is 2.36. The number of halogens is 1. The molecular formula is C15H17BrO. The molecule has 0 aliphatic heterocycles. The predicted octanol–water partition coefficient (Wildman–Crippen LogP) is 4.48. The standard InChI is InChI=1S/C15H17BrO/c16-15-9-7-14(8-10-15)13-5-3-12(4-6-13)2-1-11-17/h1-2,7-13H,3-6H2. The Morgan fingerprint density at radius 2 is 1.71 bits per heavy atom. The second-order valence-corrected chi connectivity index (χ2v) is 5.60. The normalized spacial score (nSPS) is 25.0. The number of carbonyl (C=O) groups excluding carboxylic acids is 1. The van der Waals surface area contributed by atoms with Gasteiger partial charge in [0.2, 0.25) is 0 Å². The predicted molar refractivity (Wildman–Crippen MR) is 74.0 cm³/mol. The minimum atomic E-state index is 0.604. The first-order chi connectivity index (χ1) is 8.29. The molecule has 1 aliphatic rings. The fourth-order valence-corrected chi connectivity index (χ4v) is 2.85. The average molecular weight is 293 g/mol. The molecule has 0 amide bonds. The zero-order chi connectivity index (χ0) is 12.1. The third-order valence-corrected chi connectivity index (χ3v) is 4.10. The molecular weight excluding hydrogens is 276 g/mol. The van der Waals surface area contributed by atoms with Gasteiger partial charge in [0, 0.05) is 4.47 Å². The van der Waals surface area contributed by atoms with E-state index in [-0.39, 0.29) is 0 Å². The Morgan fingerprint density at radius 3 is 2.29 bits per heavy atom. The third-order valence-electron chi connectivity index (χ3n) is 3.58. The number of rotatable bonds is 3. The van der Waals surface area contributed by atoms with E-state index in [0.717, 1.165) is 10.8 Å². The second kappa shape index (κ2) is 6.15. The monoisotopic (exact) mass is 292 g/mol. The van der Waals surface area contributed by atoms with E-state index in [0.29, 0.717) is 11.8 Å². The van der Waals surface area contributed by atoms with Gasteiger partial charge in [-0.25, -0.2) is 0 Å². The van der Waals surface area contributed by atoms with Gasteiger partial charge >= 0.3 is 0 Å². The van der Waals surface area contributed by atoms with Gasteiger partial charge < -0.3 is 0 Å². The van der Waals surface area contributed by atoms with Gasteiger partial charge in [-0.1, -0.05) is 34.1 Å². The molecule has 0 aromatic heterocycles. The maximum absolute atomic E-state index is 10.3. The number of benzene rings is 1. The van der Waals surface area contributed by atoms with Crippen molar-refractivity contribution >= 4 is 22.2 Å². The van der Waals surface area contributed by atoms with Crippen molar-refractivity contribution in [3.05, 3.63) is 46.5 Å². The smallest absolute Gasteiger partial charge is 0.142 e. The summed E-state index contributed by atoms with van der Waals surface area (Å²) >= 11 is 3.47. The summed E-state index contributed by atoms with van der Waals surface area (Å²) in [5, 5.41) is 0. The lowest BCUT2D eigenvalue weighted by Crippen LogP contribution is -2.11. The van der Waals surface area contributed by atoms with E-state index in [1.807, 2.05) is 0 Å². The molecule has 2 rings (SSSR count). The van der Waals surface area contributed by atoms with Gasteiger partial charge in [0.1, 0.15) is 6.29 Å². The highest BCUT2D eigenvalue weighted by atomic mass is 79.9. The van der Waals surface area contributed by atoms with Crippen molar-refractivity contribution in [3.8, 4) is 0 Å². The summed E-state index contributed by atoms with van der Waals surface area (Å²) in [6.45, 7) is 0. The molecule has 0 atom stereocenters. The van der Waals surface area contributed by atoms with Gasteiger partial charge in [-0.15, -0.1) is 0 Å². The van der Waals surface area contributed by atoms with Gasteiger partial charge in [-0.05, 0) is 61.3 Å². The lowest BCUT2D eigenvalue weighted by atomic mass is 9.78. The third kappa shape index (κ3) is 3.53. The zero-order valence-electron chi connectivity index (χ0n) is 9.81. The Morgan fingerprint density at radius 1 is 1.06 bits per heavy atom. The van der Waals surface area contributed by atoms with Crippen LogP contribution >= 0.6 is 15.9 Å². The van der Waals surface area contributed by atoms with E-state index in [2.05, 4.69) is 46.3 Å². The van der Waals surface area contributed by atoms with Crippen LogP contribution in [0.4, 0.5) is 0 Å². The molecule has 1 saturated carbocycles. The molecule has 1 fully saturated rings. The van der Waals surface area contributed by atoms with Gasteiger partial charge in [0.15, 0.2) is 0 Å². The van der Waals surface area contributed by atoms with Crippen molar-refractivity contribution in [2.24, 2.45) is 5.92 Å². The topological polar surface area (TPSA) is 17.1 Å². The van der Waals surface area contributed by atoms with Gasteiger partial charge in [0.05, 0.1) is 0 Å². The van der Waals surface area contributed by atoms with Gasteiger partial charge in [0.25, 0.3) is 0 Å². The SMILES string of the molecule is O=CC=CC1CCC(c2ccc(Br)cc2)CC1. The molecule has 0 N–H and O–H groups in total. The van der Waals surface area contributed by atoms with Crippen LogP contribution in [-0.2, 0) is 4.79 Å². The second-order valence-electron chi connectivity index (χ2n) is 4.68. The van der Waals surface area contributed by atoms with Gasteiger partial charge in [-0.2, -0.15) is 0 Å². The van der Waals surface area contributed by atoms with E-state index < -0.39 is 0 Å². The van der Waals surface area contributed by atoms with Gasteiger partial charge in [-0.3, -0.25) is 4.79 Å². The minimum Gasteiger partial charge on any atom is -0.299 e. The van der Waals surface area contributed by atoms with Crippen LogP contribution in [0.3, 0.4) is 0 Å². The fourth-order valence-electron chi connectivity index (χ4n) is 2.58. The molecule has 1 aromatic carbocycles. The summed E-state index contributed by atoms with van der Waals surface area (Å²) in [5.41, 5.74) is 1.45. The zero-order valence-corrected chi connectivity index (χ0v) is 11.4. The number of hydrogen-bond acceptors (Lipinski definition) is 1. The molecule has 0 unspecified atom stereocenters. The van der Waals surface area contributed by atoms with Crippen LogP contribution in [-0.4, -0.2) is 6.29 Å². The Balaban J connectivity index is 1.92. The molecule has 0 bridgehead atoms. The average Bonchev–Trinajstić information content (AvgIpc) is 2.38. The van der Waals surface area contributed by atoms with Crippen LogP contribution in [0.1, 0.15) is 37.2 Å². The lowest BCUT2D eigenvalue weighted by molar-refractivity contribution is -0.104. The lowest BCUT2D eigenvalue weighted by Gasteiger charge is -2.27. The molecule has 0 saturated heterocycles. The summed E-state index contributed by atoms with van der Waals surface area (Å²) in [4.78, 5) is 10.3. The number of carbonyl (C=O) groups is 1. The summed E-state index contributed by atoms with van der Waals surface area (Å²) in [6, 6.07) is 8.67. The van der Waals surface area contributed by atoms with Crippen molar-refractivity contribution < 1.29 is 4.79 Å². The van der Waals surface area contributed by atoms with Crippen LogP contribution in [0.25, 0.3) is 0 Å². The Kier molecular flexibility index (Phi) is 4.55. The summed E-state index contributed by atoms with van der Waals surface area (Å²) in [5.74, 6) is 1.30. The Labute approximate surface area is 111 Å². The molecule has 17 heavy (non-hydrogen) atoms. The first kappa shape index (κ1) is 12.6. The highest BCUT2D eigenvalue weighted by molar-refractivity contribution is 9.10. The van der Waals surface area contributed by atoms with Crippen molar-refractivity contribution in [3.63, 3.8) is 0 Å². The Hall–Kier alpha value is -0.890. The van der Waals surface area contributed by atoms with Crippen molar-refractivity contribution in [2.75, 3.05) is 0 Å². The van der Waals surface area contributed by atoms with E-state index >= 15 is 0 Å². The first-order valence-electron chi connectivity index (χ1n) is 6.17. The minimum absolute atomic E-state index is 0.604. The van der Waals surface area contributed by atoms with Crippen molar-refractivity contribution in [1.82, 2.24) is 0 Å². The van der Waals surface area contributed by atoms with Crippen LogP contribution in [0.15, 0.2) is 40.9 Å². The van der Waals surface area contributed by atoms with E-state index in [1.54, 1.807) is 6.08 Å². The van der Waals surface area contributed by atoms with E-state index in [9.17, 15) is 4.79 Å². The molecule has 0 spiro atoms. The maximum Gasteiger partial charge on any atom is 0.142 e. The summed E-state index contributed by atoms with van der Waals surface area (Å²) in [7, 11) is 0. The van der Waals surface area contributed by atoms with Crippen LogP contribution in [0.5, 0.6) is 0 Å². The van der Waals surface area contributed by atoms with Crippen molar-refractivity contribution in [2.45, 2.75) is 31.6 Å². The first-order valence-corrected chi connectivity index (χ1v) is 6.96. The largest absolute Gasteiger partial charge is 0.299 e. The fraction of sp³-hybridized carbons (Fsp3) is 0.400. The molecule has 0 heterocycles. The molecule has 90 valence electrons. The summed E-state index contributed by atoms with van der Waals surface area (Å²) < 4.78 is 1.14. The maximum atomic E-state index is 10.3. The van der Waals surface area contributed by atoms with E-state index in [1.165, 1.54) is 31.2 Å². The van der Waals surface area contributed by atoms with Crippen LogP contribution in [0.2, 0.25) is 0 Å². The molecule has 0 radical (unpaired) electrons. The molecule has 2 heteroatoms. The van der Waals surface area contributed by atoms with Crippen LogP contribution < -0.4 is 0 Å². The number of aldehydes is 1. The number of allylic oxidation sites excluding steroid dienone is 2. The molecule has 1 nitrogen and oxygen atoms in total. The highest BCUT2D eigenvalue weighted by Gasteiger charge is 2.20. The van der Waals surface area contributed by atoms with Crippen LogP contribution in [0, 0.1) is 5.92 Å². The Bertz CT molecular complexity index is 386. The number of hydrogen-bond donors (Lipinski definition) is 0. The summed E-state index contributed by atoms with van der Waals surface area (Å²) in [6.07, 6.45) is 9.44. The van der Waals surface area contributed by atoms with E-state index in [4.69, 9.17) is 0 Å². The quantitative estimate of drug-likeness (QED) is 0.593. The molecule has 1 aliphatic carbocycles.